The highest BCUT2D eigenvalue weighted by Crippen LogP contribution is 2.46. The first-order valence-electron chi connectivity index (χ1n) is 15.2. The van der Waals surface area contributed by atoms with E-state index in [0.717, 1.165) is 0 Å². The second-order valence-corrected chi connectivity index (χ2v) is 13.1. The molecule has 238 valence electrons. The van der Waals surface area contributed by atoms with Crippen LogP contribution in [0.1, 0.15) is 63.9 Å². The first-order chi connectivity index (χ1) is 21.7. The monoisotopic (exact) mass is 619 g/mol. The van der Waals surface area contributed by atoms with Gasteiger partial charge in [0.25, 0.3) is 5.56 Å². The maximum atomic E-state index is 15.0. The van der Waals surface area contributed by atoms with Crippen LogP contribution in [0.25, 0.3) is 5.69 Å². The minimum Gasteiger partial charge on any atom is -0.459 e. The Morgan fingerprint density at radius 1 is 0.804 bits per heavy atom. The van der Waals surface area contributed by atoms with Crippen LogP contribution >= 0.6 is 0 Å². The lowest BCUT2D eigenvalue weighted by Crippen LogP contribution is -2.41. The molecule has 0 N–H and O–H groups in total. The molecule has 0 aliphatic rings. The molecular weight excluding hydrogens is 578 g/mol. The highest BCUT2D eigenvalue weighted by molar-refractivity contribution is 5.82. The lowest BCUT2D eigenvalue weighted by Gasteiger charge is -2.37. The summed E-state index contributed by atoms with van der Waals surface area (Å²) in [7, 11) is 0. The normalized spacial score (nSPS) is 12.8. The van der Waals surface area contributed by atoms with Crippen LogP contribution < -0.4 is 5.56 Å². The molecule has 0 bridgehead atoms. The van der Waals surface area contributed by atoms with E-state index >= 15 is 0 Å². The van der Waals surface area contributed by atoms with E-state index in [9.17, 15) is 19.6 Å². The second-order valence-electron chi connectivity index (χ2n) is 13.1. The van der Waals surface area contributed by atoms with Gasteiger partial charge in [0, 0.05) is 11.8 Å². The van der Waals surface area contributed by atoms with Gasteiger partial charge >= 0.3 is 11.9 Å². The fourth-order valence-electron chi connectivity index (χ4n) is 5.78. The number of rotatable bonds is 9. The predicted octanol–water partition coefficient (Wildman–Crippen LogP) is 6.66. The van der Waals surface area contributed by atoms with Crippen molar-refractivity contribution in [3.05, 3.63) is 136 Å². The Labute approximate surface area is 270 Å². The molecule has 4 rings (SSSR count). The number of para-hydroxylation sites is 1. The van der Waals surface area contributed by atoms with Crippen LogP contribution in [-0.4, -0.2) is 32.5 Å². The molecule has 0 aliphatic heterocycles. The summed E-state index contributed by atoms with van der Waals surface area (Å²) in [6, 6.07) is 30.0. The number of benzene rings is 3. The molecule has 0 saturated carbocycles. The Hall–Kier alpha value is -5.16. The maximum Gasteiger partial charge on any atom is 0.330 e. The summed E-state index contributed by atoms with van der Waals surface area (Å²) < 4.78 is 14.3. The topological polar surface area (TPSA) is 103 Å². The van der Waals surface area contributed by atoms with Gasteiger partial charge < -0.3 is 9.47 Å². The molecule has 0 saturated heterocycles. The molecular formula is C38H41N3O5. The van der Waals surface area contributed by atoms with Crippen molar-refractivity contribution in [2.24, 2.45) is 5.92 Å². The third-order valence-corrected chi connectivity index (χ3v) is 7.39. The summed E-state index contributed by atoms with van der Waals surface area (Å²) in [5.41, 5.74) is -0.673. The van der Waals surface area contributed by atoms with Crippen molar-refractivity contribution >= 4 is 11.9 Å². The smallest absolute Gasteiger partial charge is 0.330 e. The van der Waals surface area contributed by atoms with Crippen molar-refractivity contribution < 1.29 is 19.1 Å². The molecule has 0 aliphatic carbocycles. The van der Waals surface area contributed by atoms with Gasteiger partial charge in [-0.05, 0) is 71.7 Å². The maximum absolute atomic E-state index is 15.0. The van der Waals surface area contributed by atoms with E-state index in [2.05, 4.69) is 6.07 Å². The summed E-state index contributed by atoms with van der Waals surface area (Å²) >= 11 is 0. The van der Waals surface area contributed by atoms with Crippen LogP contribution in [0.3, 0.4) is 0 Å². The van der Waals surface area contributed by atoms with Crippen molar-refractivity contribution in [2.45, 2.75) is 71.6 Å². The van der Waals surface area contributed by atoms with E-state index in [1.54, 1.807) is 65.3 Å². The van der Waals surface area contributed by atoms with E-state index < -0.39 is 40.0 Å². The summed E-state index contributed by atoms with van der Waals surface area (Å²) in [5, 5.41) is 10.9. The van der Waals surface area contributed by atoms with Crippen LogP contribution in [0.4, 0.5) is 0 Å². The Balaban J connectivity index is 2.13. The minimum atomic E-state index is -1.41. The number of nitrogens with zero attached hydrogens (tertiary/aromatic N) is 3. The summed E-state index contributed by atoms with van der Waals surface area (Å²) in [4.78, 5) is 41.2. The molecule has 46 heavy (non-hydrogen) atoms. The van der Waals surface area contributed by atoms with Gasteiger partial charge in [0.05, 0.1) is 28.7 Å². The predicted molar refractivity (Wildman–Crippen MR) is 177 cm³/mol. The summed E-state index contributed by atoms with van der Waals surface area (Å²) in [6.45, 7) is 12.2. The van der Waals surface area contributed by atoms with E-state index in [-0.39, 0.29) is 12.1 Å². The van der Waals surface area contributed by atoms with Gasteiger partial charge in [-0.15, -0.1) is 0 Å². The lowest BCUT2D eigenvalue weighted by molar-refractivity contribution is -0.156. The van der Waals surface area contributed by atoms with Crippen LogP contribution in [-0.2, 0) is 31.0 Å². The number of hydrogen-bond acceptors (Lipinski definition) is 6. The molecule has 0 radical (unpaired) electrons. The van der Waals surface area contributed by atoms with Crippen LogP contribution in [0, 0.1) is 24.2 Å². The van der Waals surface area contributed by atoms with E-state index in [4.69, 9.17) is 9.47 Å². The Morgan fingerprint density at radius 3 is 1.74 bits per heavy atom. The average Bonchev–Trinajstić information content (AvgIpc) is 3.23. The Morgan fingerprint density at radius 2 is 1.28 bits per heavy atom. The number of nitriles is 1. The largest absolute Gasteiger partial charge is 0.459 e. The van der Waals surface area contributed by atoms with E-state index in [0.29, 0.717) is 22.5 Å². The number of ether oxygens (including phenoxy) is 2. The average molecular weight is 620 g/mol. The standard InChI is InChI=1S/C38H41N3O5/c1-27-34(35(44)41(31-21-15-10-16-22-31)40(27)26-33(43)46-37(5,6)7)38(28-17-11-8-12-18-28,29-19-13-9-14-20-29)30(25-39)23-24-32(42)45-36(2,3)4/h8-24,30H,26H2,1-7H3/b24-23-. The van der Waals surface area contributed by atoms with Gasteiger partial charge in [0.1, 0.15) is 17.7 Å². The third-order valence-electron chi connectivity index (χ3n) is 7.39. The number of carbonyl (C=O) groups is 2. The number of hydrogen-bond donors (Lipinski definition) is 0. The molecule has 1 aromatic heterocycles. The van der Waals surface area contributed by atoms with Crippen molar-refractivity contribution in [3.63, 3.8) is 0 Å². The van der Waals surface area contributed by atoms with E-state index in [1.165, 1.54) is 16.8 Å². The highest BCUT2D eigenvalue weighted by atomic mass is 16.6. The van der Waals surface area contributed by atoms with Crippen LogP contribution in [0.2, 0.25) is 0 Å². The van der Waals surface area contributed by atoms with Gasteiger partial charge in [-0.2, -0.15) is 5.26 Å². The molecule has 1 atom stereocenters. The Kier molecular flexibility index (Phi) is 9.86. The number of aromatic nitrogens is 2. The van der Waals surface area contributed by atoms with Gasteiger partial charge in [0.2, 0.25) is 0 Å². The second kappa shape index (κ2) is 13.5. The Bertz CT molecular complexity index is 1760. The molecule has 4 aromatic rings. The molecule has 1 heterocycles. The van der Waals surface area contributed by atoms with Crippen molar-refractivity contribution in [1.29, 1.82) is 5.26 Å². The first-order valence-corrected chi connectivity index (χ1v) is 15.2. The zero-order valence-electron chi connectivity index (χ0n) is 27.5. The molecule has 1 unspecified atom stereocenters. The fourth-order valence-corrected chi connectivity index (χ4v) is 5.78. The minimum absolute atomic E-state index is 0.252. The van der Waals surface area contributed by atoms with E-state index in [1.807, 2.05) is 78.9 Å². The fraction of sp³-hybridized carbons (Fsp3) is 0.316. The highest BCUT2D eigenvalue weighted by Gasteiger charge is 2.48. The number of allylic oxidation sites excluding steroid dienone is 1. The van der Waals surface area contributed by atoms with Crippen molar-refractivity contribution in [2.75, 3.05) is 0 Å². The van der Waals surface area contributed by atoms with Crippen LogP contribution in [0.15, 0.2) is 108 Å². The number of esters is 2. The molecule has 0 amide bonds. The van der Waals surface area contributed by atoms with Gasteiger partial charge in [-0.25, -0.2) is 9.48 Å². The van der Waals surface area contributed by atoms with Gasteiger partial charge in [-0.3, -0.25) is 14.3 Å². The molecule has 8 nitrogen and oxygen atoms in total. The zero-order valence-corrected chi connectivity index (χ0v) is 27.5. The van der Waals surface area contributed by atoms with Gasteiger partial charge in [-0.1, -0.05) is 84.9 Å². The molecule has 0 fully saturated rings. The first kappa shape index (κ1) is 33.7. The summed E-state index contributed by atoms with van der Waals surface area (Å²) in [5.74, 6) is -2.19. The quantitative estimate of drug-likeness (QED) is 0.153. The van der Waals surface area contributed by atoms with Gasteiger partial charge in [0.15, 0.2) is 0 Å². The molecule has 0 spiro atoms. The molecule has 3 aromatic carbocycles. The van der Waals surface area contributed by atoms with Crippen molar-refractivity contribution in [3.8, 4) is 11.8 Å². The molecule has 8 heteroatoms. The van der Waals surface area contributed by atoms with Crippen LogP contribution in [0.5, 0.6) is 0 Å². The van der Waals surface area contributed by atoms with Crippen molar-refractivity contribution in [1.82, 2.24) is 9.36 Å². The number of carbonyl (C=O) groups excluding carboxylic acids is 2. The SMILES string of the molecule is Cc1c(C(c2ccccc2)(c2ccccc2)C(C#N)/C=C\C(=O)OC(C)(C)C)c(=O)n(-c2ccccc2)n1CC(=O)OC(C)(C)C. The third kappa shape index (κ3) is 7.21. The summed E-state index contributed by atoms with van der Waals surface area (Å²) in [6.07, 6.45) is 2.76. The zero-order chi connectivity index (χ0) is 33.7. The lowest BCUT2D eigenvalue weighted by atomic mass is 9.62.